The van der Waals surface area contributed by atoms with Crippen molar-refractivity contribution >= 4 is 12.0 Å². The largest absolute Gasteiger partial charge is 0.467 e. The molecular weight excluding hydrogens is 465 g/mol. The van der Waals surface area contributed by atoms with Crippen LogP contribution in [0.3, 0.4) is 0 Å². The predicted octanol–water partition coefficient (Wildman–Crippen LogP) is 3.29. The highest BCUT2D eigenvalue weighted by Crippen LogP contribution is 2.30. The summed E-state index contributed by atoms with van der Waals surface area (Å²) in [5.41, 5.74) is 0.681. The van der Waals surface area contributed by atoms with Crippen molar-refractivity contribution in [3.8, 4) is 0 Å². The molecule has 1 atom stereocenters. The lowest BCUT2D eigenvalue weighted by Gasteiger charge is -2.36. The van der Waals surface area contributed by atoms with Gasteiger partial charge in [-0.3, -0.25) is 9.80 Å². The third kappa shape index (κ3) is 6.04. The number of hydrogen-bond donors (Lipinski definition) is 2. The van der Waals surface area contributed by atoms with Gasteiger partial charge in [0.05, 0.1) is 24.0 Å². The number of urea groups is 1. The van der Waals surface area contributed by atoms with E-state index in [4.69, 9.17) is 9.15 Å². The zero-order valence-electron chi connectivity index (χ0n) is 19.2. The summed E-state index contributed by atoms with van der Waals surface area (Å²) in [6.45, 7) is 5.12. The Morgan fingerprint density at radius 2 is 1.83 bits per heavy atom. The molecule has 4 rings (SSSR count). The van der Waals surface area contributed by atoms with Crippen molar-refractivity contribution in [2.75, 3.05) is 39.3 Å². The number of carbonyl (C=O) groups excluding carboxylic acids is 2. The number of carbonyl (C=O) groups is 2. The summed E-state index contributed by atoms with van der Waals surface area (Å²) in [6.07, 6.45) is -2.90. The van der Waals surface area contributed by atoms with Crippen LogP contribution in [0.2, 0.25) is 0 Å². The molecule has 2 aliphatic heterocycles. The number of nitrogens with zero attached hydrogens (tertiary/aromatic N) is 2. The van der Waals surface area contributed by atoms with Crippen molar-refractivity contribution < 1.29 is 31.9 Å². The molecular formula is C24H27F3N4O4. The van der Waals surface area contributed by atoms with Gasteiger partial charge in [-0.05, 0) is 30.7 Å². The van der Waals surface area contributed by atoms with E-state index >= 15 is 0 Å². The van der Waals surface area contributed by atoms with Crippen LogP contribution in [-0.2, 0) is 22.3 Å². The van der Waals surface area contributed by atoms with Crippen LogP contribution in [0.25, 0.3) is 0 Å². The molecule has 2 N–H and O–H groups in total. The minimum atomic E-state index is -4.37. The molecule has 11 heteroatoms. The van der Waals surface area contributed by atoms with E-state index in [9.17, 15) is 22.8 Å². The van der Waals surface area contributed by atoms with Crippen LogP contribution in [0.15, 0.2) is 58.3 Å². The van der Waals surface area contributed by atoms with Crippen molar-refractivity contribution in [1.82, 2.24) is 20.4 Å². The Hall–Kier alpha value is -3.31. The van der Waals surface area contributed by atoms with Crippen molar-refractivity contribution in [3.05, 3.63) is 70.8 Å². The molecule has 1 saturated heterocycles. The van der Waals surface area contributed by atoms with Crippen LogP contribution in [-0.4, -0.2) is 61.1 Å². The minimum absolute atomic E-state index is 0.183. The van der Waals surface area contributed by atoms with E-state index in [0.717, 1.165) is 6.07 Å². The van der Waals surface area contributed by atoms with Gasteiger partial charge in [0.2, 0.25) is 0 Å². The van der Waals surface area contributed by atoms with E-state index in [2.05, 4.69) is 20.4 Å². The molecule has 2 aliphatic rings. The molecule has 0 saturated carbocycles. The van der Waals surface area contributed by atoms with Crippen LogP contribution in [0, 0.1) is 0 Å². The first-order valence-electron chi connectivity index (χ1n) is 11.4. The SMILES string of the molecule is CCOC(=O)C1=C(CN2CCN(Cc3cccc(C(F)(F)F)c3)CC2)NC(=O)NC1c1ccco1. The number of alkyl halides is 3. The van der Waals surface area contributed by atoms with Gasteiger partial charge in [-0.25, -0.2) is 9.59 Å². The van der Waals surface area contributed by atoms with Gasteiger partial charge in [0, 0.05) is 45.0 Å². The fourth-order valence-electron chi connectivity index (χ4n) is 4.29. The summed E-state index contributed by atoms with van der Waals surface area (Å²) in [5, 5.41) is 5.46. The van der Waals surface area contributed by atoms with Crippen molar-refractivity contribution in [2.24, 2.45) is 0 Å². The predicted molar refractivity (Wildman–Crippen MR) is 120 cm³/mol. The number of benzene rings is 1. The highest BCUT2D eigenvalue weighted by atomic mass is 19.4. The van der Waals surface area contributed by atoms with Gasteiger partial charge in [0.1, 0.15) is 11.8 Å². The van der Waals surface area contributed by atoms with E-state index in [1.54, 1.807) is 25.1 Å². The lowest BCUT2D eigenvalue weighted by molar-refractivity contribution is -0.139. The maximum atomic E-state index is 13.0. The lowest BCUT2D eigenvalue weighted by Crippen LogP contribution is -2.51. The molecule has 1 unspecified atom stereocenters. The second-order valence-electron chi connectivity index (χ2n) is 8.41. The molecule has 1 fully saturated rings. The fourth-order valence-corrected chi connectivity index (χ4v) is 4.29. The first-order valence-corrected chi connectivity index (χ1v) is 11.4. The van der Waals surface area contributed by atoms with Crippen LogP contribution >= 0.6 is 0 Å². The van der Waals surface area contributed by atoms with E-state index < -0.39 is 29.8 Å². The Bertz CT molecular complexity index is 1080. The number of hydrogen-bond acceptors (Lipinski definition) is 6. The number of piperazine rings is 1. The van der Waals surface area contributed by atoms with Gasteiger partial charge in [-0.1, -0.05) is 18.2 Å². The summed E-state index contributed by atoms with van der Waals surface area (Å²) < 4.78 is 49.7. The van der Waals surface area contributed by atoms with Crippen LogP contribution in [0.5, 0.6) is 0 Å². The average Bonchev–Trinajstić information content (AvgIpc) is 3.35. The number of ether oxygens (including phenoxy) is 1. The quantitative estimate of drug-likeness (QED) is 0.577. The second-order valence-corrected chi connectivity index (χ2v) is 8.41. The Balaban J connectivity index is 1.44. The van der Waals surface area contributed by atoms with E-state index in [1.807, 2.05) is 0 Å². The highest BCUT2D eigenvalue weighted by molar-refractivity contribution is 5.95. The molecule has 0 spiro atoms. The molecule has 1 aromatic heterocycles. The minimum Gasteiger partial charge on any atom is -0.467 e. The fraction of sp³-hybridized carbons (Fsp3) is 0.417. The molecule has 35 heavy (non-hydrogen) atoms. The zero-order valence-corrected chi connectivity index (χ0v) is 19.2. The average molecular weight is 492 g/mol. The Morgan fingerprint density at radius 3 is 2.46 bits per heavy atom. The molecule has 3 heterocycles. The first-order chi connectivity index (χ1) is 16.7. The first kappa shape index (κ1) is 24.8. The number of nitrogens with one attached hydrogen (secondary N) is 2. The van der Waals surface area contributed by atoms with Gasteiger partial charge in [0.25, 0.3) is 0 Å². The number of rotatable bonds is 7. The maximum Gasteiger partial charge on any atom is 0.416 e. The Labute approximate surface area is 200 Å². The third-order valence-electron chi connectivity index (χ3n) is 5.98. The molecule has 2 amide bonds. The van der Waals surface area contributed by atoms with Crippen molar-refractivity contribution in [1.29, 1.82) is 0 Å². The summed E-state index contributed by atoms with van der Waals surface area (Å²) in [5.74, 6) is -0.120. The van der Waals surface area contributed by atoms with E-state index in [0.29, 0.717) is 56.3 Å². The summed E-state index contributed by atoms with van der Waals surface area (Å²) in [4.78, 5) is 29.3. The van der Waals surface area contributed by atoms with Gasteiger partial charge in [-0.15, -0.1) is 0 Å². The lowest BCUT2D eigenvalue weighted by atomic mass is 9.99. The molecule has 0 bridgehead atoms. The maximum absolute atomic E-state index is 13.0. The smallest absolute Gasteiger partial charge is 0.416 e. The summed E-state index contributed by atoms with van der Waals surface area (Å²) >= 11 is 0. The number of amides is 2. The third-order valence-corrected chi connectivity index (χ3v) is 5.98. The zero-order chi connectivity index (χ0) is 25.0. The topological polar surface area (TPSA) is 87.0 Å². The highest BCUT2D eigenvalue weighted by Gasteiger charge is 2.36. The molecule has 1 aromatic carbocycles. The van der Waals surface area contributed by atoms with Crippen LogP contribution in [0.1, 0.15) is 29.9 Å². The second kappa shape index (κ2) is 10.5. The number of halogens is 3. The van der Waals surface area contributed by atoms with Crippen molar-refractivity contribution in [2.45, 2.75) is 25.7 Å². The van der Waals surface area contributed by atoms with E-state index in [-0.39, 0.29) is 12.2 Å². The Morgan fingerprint density at radius 1 is 1.11 bits per heavy atom. The molecule has 8 nitrogen and oxygen atoms in total. The van der Waals surface area contributed by atoms with Gasteiger partial charge < -0.3 is 19.8 Å². The van der Waals surface area contributed by atoms with Gasteiger partial charge in [-0.2, -0.15) is 13.2 Å². The Kier molecular flexibility index (Phi) is 7.46. The molecule has 0 aliphatic carbocycles. The monoisotopic (exact) mass is 492 g/mol. The normalized spacial score (nSPS) is 19.9. The van der Waals surface area contributed by atoms with E-state index in [1.165, 1.54) is 18.4 Å². The molecule has 2 aromatic rings. The van der Waals surface area contributed by atoms with Crippen LogP contribution < -0.4 is 10.6 Å². The van der Waals surface area contributed by atoms with Crippen LogP contribution in [0.4, 0.5) is 18.0 Å². The number of furan rings is 1. The molecule has 188 valence electrons. The molecule has 0 radical (unpaired) electrons. The van der Waals surface area contributed by atoms with Crippen molar-refractivity contribution in [3.63, 3.8) is 0 Å². The summed E-state index contributed by atoms with van der Waals surface area (Å²) in [6, 6.07) is 7.51. The summed E-state index contributed by atoms with van der Waals surface area (Å²) in [7, 11) is 0. The van der Waals surface area contributed by atoms with Gasteiger partial charge >= 0.3 is 18.2 Å². The van der Waals surface area contributed by atoms with Gasteiger partial charge in [0.15, 0.2) is 0 Å². The number of esters is 1. The standard InChI is InChI=1S/C24H27F3N4O4/c1-2-34-22(32)20-18(28-23(33)29-21(20)19-7-4-12-35-19)15-31-10-8-30(9-11-31)14-16-5-3-6-17(13-16)24(25,26)27/h3-7,12-13,21H,2,8-11,14-15H2,1H3,(H2,28,29,33).